The molecule has 124 valence electrons. The topological polar surface area (TPSA) is 73.4 Å². The molecule has 0 radical (unpaired) electrons. The Kier molecular flexibility index (Phi) is 4.78. The van der Waals surface area contributed by atoms with Crippen molar-refractivity contribution in [2.45, 2.75) is 39.0 Å². The first-order valence-electron chi connectivity index (χ1n) is 7.79. The molecule has 5 nitrogen and oxygen atoms in total. The number of carbonyl (C=O) groups excluding carboxylic acids is 1. The van der Waals surface area contributed by atoms with E-state index in [0.717, 1.165) is 10.9 Å². The summed E-state index contributed by atoms with van der Waals surface area (Å²) in [5.41, 5.74) is 2.74. The van der Waals surface area contributed by atoms with Gasteiger partial charge in [-0.05, 0) is 29.5 Å². The van der Waals surface area contributed by atoms with Crippen molar-refractivity contribution in [3.63, 3.8) is 0 Å². The monoisotopic (exact) mass is 316 g/mol. The molecule has 2 N–H and O–H groups in total. The molecule has 1 amide bonds. The third-order valence-corrected chi connectivity index (χ3v) is 3.95. The van der Waals surface area contributed by atoms with Crippen molar-refractivity contribution in [2.24, 2.45) is 0 Å². The maximum atomic E-state index is 12.4. The van der Waals surface area contributed by atoms with Gasteiger partial charge >= 0.3 is 5.97 Å². The summed E-state index contributed by atoms with van der Waals surface area (Å²) < 4.78 is 0. The lowest BCUT2D eigenvalue weighted by molar-refractivity contribution is -0.137. The molecule has 23 heavy (non-hydrogen) atoms. The van der Waals surface area contributed by atoms with E-state index in [0.29, 0.717) is 18.7 Å². The number of hydrogen-bond donors (Lipinski definition) is 2. The van der Waals surface area contributed by atoms with Crippen LogP contribution in [0.4, 0.5) is 0 Å². The lowest BCUT2D eigenvalue weighted by Gasteiger charge is -2.18. The van der Waals surface area contributed by atoms with E-state index in [1.807, 2.05) is 12.1 Å². The fourth-order valence-electron chi connectivity index (χ4n) is 2.48. The van der Waals surface area contributed by atoms with Crippen molar-refractivity contribution >= 4 is 22.8 Å². The molecule has 0 saturated carbocycles. The zero-order valence-corrected chi connectivity index (χ0v) is 14.1. The molecule has 5 heteroatoms. The van der Waals surface area contributed by atoms with Gasteiger partial charge in [-0.3, -0.25) is 9.59 Å². The summed E-state index contributed by atoms with van der Waals surface area (Å²) in [5, 5.41) is 9.66. The summed E-state index contributed by atoms with van der Waals surface area (Å²) >= 11 is 0. The van der Waals surface area contributed by atoms with Crippen LogP contribution in [0.25, 0.3) is 10.9 Å². The third kappa shape index (κ3) is 4.12. The SMILES string of the molecule is CN(CCCC(=O)O)C(=O)c1cc2ccc(C(C)(C)C)cc2[nH]1. The number of carboxylic acids is 1. The number of rotatable bonds is 5. The highest BCUT2D eigenvalue weighted by Crippen LogP contribution is 2.26. The van der Waals surface area contributed by atoms with E-state index in [1.165, 1.54) is 5.56 Å². The quantitative estimate of drug-likeness (QED) is 0.888. The van der Waals surface area contributed by atoms with E-state index in [9.17, 15) is 9.59 Å². The first-order valence-corrected chi connectivity index (χ1v) is 7.79. The fourth-order valence-corrected chi connectivity index (χ4v) is 2.48. The number of carboxylic acid groups (broad SMARTS) is 1. The lowest BCUT2D eigenvalue weighted by atomic mass is 9.87. The highest BCUT2D eigenvalue weighted by atomic mass is 16.4. The van der Waals surface area contributed by atoms with Gasteiger partial charge in [-0.1, -0.05) is 32.9 Å². The summed E-state index contributed by atoms with van der Waals surface area (Å²) in [6, 6.07) is 8.03. The Balaban J connectivity index is 2.16. The summed E-state index contributed by atoms with van der Waals surface area (Å²) in [6.45, 7) is 6.88. The smallest absolute Gasteiger partial charge is 0.303 e. The standard InChI is InChI=1S/C18H24N2O3/c1-18(2,3)13-8-7-12-10-15(19-14(12)11-13)17(23)20(4)9-5-6-16(21)22/h7-8,10-11,19H,5-6,9H2,1-4H3,(H,21,22). The van der Waals surface area contributed by atoms with Gasteiger partial charge in [-0.2, -0.15) is 0 Å². The number of nitrogens with one attached hydrogen (secondary N) is 1. The number of aromatic amines is 1. The Bertz CT molecular complexity index is 725. The number of nitrogens with zero attached hydrogens (tertiary/aromatic N) is 1. The van der Waals surface area contributed by atoms with Gasteiger partial charge in [0.25, 0.3) is 5.91 Å². The van der Waals surface area contributed by atoms with Crippen LogP contribution in [0.1, 0.15) is 49.7 Å². The molecule has 1 aromatic carbocycles. The Morgan fingerprint density at radius 3 is 2.52 bits per heavy atom. The summed E-state index contributed by atoms with van der Waals surface area (Å²) in [6.07, 6.45) is 0.519. The van der Waals surface area contributed by atoms with Crippen molar-refractivity contribution in [3.05, 3.63) is 35.5 Å². The van der Waals surface area contributed by atoms with E-state index >= 15 is 0 Å². The average molecular weight is 316 g/mol. The van der Waals surface area contributed by atoms with Crippen LogP contribution < -0.4 is 0 Å². The van der Waals surface area contributed by atoms with Crippen LogP contribution in [0.5, 0.6) is 0 Å². The lowest BCUT2D eigenvalue weighted by Crippen LogP contribution is -2.28. The molecule has 2 rings (SSSR count). The molecule has 0 atom stereocenters. The van der Waals surface area contributed by atoms with Crippen LogP contribution in [-0.2, 0) is 10.2 Å². The second kappa shape index (κ2) is 6.44. The van der Waals surface area contributed by atoms with E-state index < -0.39 is 5.97 Å². The van der Waals surface area contributed by atoms with Gasteiger partial charge in [-0.25, -0.2) is 0 Å². The fraction of sp³-hybridized carbons (Fsp3) is 0.444. The minimum Gasteiger partial charge on any atom is -0.481 e. The van der Waals surface area contributed by atoms with E-state index in [2.05, 4.69) is 37.9 Å². The summed E-state index contributed by atoms with van der Waals surface area (Å²) in [7, 11) is 1.69. The van der Waals surface area contributed by atoms with Crippen LogP contribution >= 0.6 is 0 Å². The highest BCUT2D eigenvalue weighted by Gasteiger charge is 2.17. The minimum absolute atomic E-state index is 0.0527. The van der Waals surface area contributed by atoms with Crippen LogP contribution in [0.3, 0.4) is 0 Å². The van der Waals surface area contributed by atoms with Gasteiger partial charge in [0.2, 0.25) is 0 Å². The van der Waals surface area contributed by atoms with Gasteiger partial charge in [-0.15, -0.1) is 0 Å². The molecular weight excluding hydrogens is 292 g/mol. The van der Waals surface area contributed by atoms with Crippen molar-refractivity contribution in [3.8, 4) is 0 Å². The maximum Gasteiger partial charge on any atom is 0.303 e. The molecule has 0 aliphatic heterocycles. The number of benzene rings is 1. The van der Waals surface area contributed by atoms with Gasteiger partial charge in [0.1, 0.15) is 5.69 Å². The second-order valence-electron chi connectivity index (χ2n) is 6.96. The maximum absolute atomic E-state index is 12.4. The summed E-state index contributed by atoms with van der Waals surface area (Å²) in [4.78, 5) is 27.7. The van der Waals surface area contributed by atoms with Crippen LogP contribution in [0.2, 0.25) is 0 Å². The second-order valence-corrected chi connectivity index (χ2v) is 6.96. The predicted molar refractivity (Wildman–Crippen MR) is 90.8 cm³/mol. The number of aliphatic carboxylic acids is 1. The highest BCUT2D eigenvalue weighted by molar-refractivity contribution is 5.98. The zero-order valence-electron chi connectivity index (χ0n) is 14.1. The Labute approximate surface area is 136 Å². The van der Waals surface area contributed by atoms with Gasteiger partial charge < -0.3 is 15.0 Å². The molecule has 0 bridgehead atoms. The summed E-state index contributed by atoms with van der Waals surface area (Å²) in [5.74, 6) is -0.963. The first kappa shape index (κ1) is 17.1. The molecule has 0 aliphatic rings. The number of amides is 1. The number of aromatic nitrogens is 1. The van der Waals surface area contributed by atoms with Crippen molar-refractivity contribution in [2.75, 3.05) is 13.6 Å². The van der Waals surface area contributed by atoms with Gasteiger partial charge in [0.05, 0.1) is 0 Å². The molecule has 0 fully saturated rings. The Morgan fingerprint density at radius 2 is 1.91 bits per heavy atom. The van der Waals surface area contributed by atoms with Crippen LogP contribution in [-0.4, -0.2) is 40.5 Å². The number of fused-ring (bicyclic) bond motifs is 1. The van der Waals surface area contributed by atoms with Crippen LogP contribution in [0.15, 0.2) is 24.3 Å². The minimum atomic E-state index is -0.842. The third-order valence-electron chi connectivity index (χ3n) is 3.95. The molecule has 0 unspecified atom stereocenters. The van der Waals surface area contributed by atoms with Gasteiger partial charge in [0, 0.05) is 30.9 Å². The molecule has 0 spiro atoms. The number of carbonyl (C=O) groups is 2. The Morgan fingerprint density at radius 1 is 1.22 bits per heavy atom. The molecule has 2 aromatic rings. The molecule has 1 heterocycles. The Hall–Kier alpha value is -2.30. The van der Waals surface area contributed by atoms with Crippen molar-refractivity contribution in [1.82, 2.24) is 9.88 Å². The average Bonchev–Trinajstić information content (AvgIpc) is 2.87. The molecular formula is C18H24N2O3. The normalized spacial score (nSPS) is 11.7. The van der Waals surface area contributed by atoms with E-state index in [4.69, 9.17) is 5.11 Å². The molecule has 0 saturated heterocycles. The van der Waals surface area contributed by atoms with Crippen molar-refractivity contribution in [1.29, 1.82) is 0 Å². The molecule has 1 aromatic heterocycles. The number of hydrogen-bond acceptors (Lipinski definition) is 2. The van der Waals surface area contributed by atoms with Crippen LogP contribution in [0, 0.1) is 0 Å². The van der Waals surface area contributed by atoms with Crippen molar-refractivity contribution < 1.29 is 14.7 Å². The number of H-pyrrole nitrogens is 1. The van der Waals surface area contributed by atoms with E-state index in [-0.39, 0.29) is 17.7 Å². The zero-order chi connectivity index (χ0) is 17.2. The molecule has 0 aliphatic carbocycles. The largest absolute Gasteiger partial charge is 0.481 e. The predicted octanol–water partition coefficient (Wildman–Crippen LogP) is 3.40. The first-order chi connectivity index (χ1) is 10.7. The van der Waals surface area contributed by atoms with Gasteiger partial charge in [0.15, 0.2) is 0 Å². The van der Waals surface area contributed by atoms with E-state index in [1.54, 1.807) is 11.9 Å².